The zero-order valence-corrected chi connectivity index (χ0v) is 11.5. The highest BCUT2D eigenvalue weighted by Gasteiger charge is 2.16. The van der Waals surface area contributed by atoms with E-state index in [1.165, 1.54) is 11.3 Å². The summed E-state index contributed by atoms with van der Waals surface area (Å²) in [6, 6.07) is 8.38. The van der Waals surface area contributed by atoms with Gasteiger partial charge in [-0.05, 0) is 31.5 Å². The lowest BCUT2D eigenvalue weighted by atomic mass is 10.0. The van der Waals surface area contributed by atoms with Crippen molar-refractivity contribution in [2.75, 3.05) is 38.1 Å². The number of hydrogen-bond acceptors (Lipinski definition) is 3. The smallest absolute Gasteiger partial charge is 0.303 e. The molecule has 1 fully saturated rings. The van der Waals surface area contributed by atoms with Crippen LogP contribution in [0.15, 0.2) is 24.3 Å². The zero-order valence-electron chi connectivity index (χ0n) is 11.5. The van der Waals surface area contributed by atoms with Crippen LogP contribution in [0.25, 0.3) is 0 Å². The van der Waals surface area contributed by atoms with Crippen LogP contribution in [0.2, 0.25) is 0 Å². The molecule has 2 rings (SSSR count). The van der Waals surface area contributed by atoms with Gasteiger partial charge in [0, 0.05) is 38.3 Å². The molecule has 0 atom stereocenters. The van der Waals surface area contributed by atoms with Crippen LogP contribution in [-0.4, -0.2) is 49.2 Å². The first-order chi connectivity index (χ1) is 9.16. The minimum absolute atomic E-state index is 0.247. The van der Waals surface area contributed by atoms with Gasteiger partial charge in [-0.1, -0.05) is 18.2 Å². The van der Waals surface area contributed by atoms with Crippen LogP contribution in [0.3, 0.4) is 0 Å². The number of carbonyl (C=O) groups is 1. The highest BCUT2D eigenvalue weighted by molar-refractivity contribution is 5.66. The summed E-state index contributed by atoms with van der Waals surface area (Å²) >= 11 is 0. The maximum Gasteiger partial charge on any atom is 0.303 e. The number of aliphatic carboxylic acids is 1. The van der Waals surface area contributed by atoms with E-state index < -0.39 is 5.97 Å². The standard InChI is InChI=1S/C15H22N2O2/c1-16-9-11-17(12-10-16)14-7-3-2-5-13(14)6-4-8-15(18)19/h2-3,5,7H,4,6,8-12H2,1H3,(H,18,19). The molecule has 1 heterocycles. The molecule has 0 spiro atoms. The van der Waals surface area contributed by atoms with Crippen LogP contribution in [0.5, 0.6) is 0 Å². The van der Waals surface area contributed by atoms with Gasteiger partial charge >= 0.3 is 5.97 Å². The minimum Gasteiger partial charge on any atom is -0.481 e. The van der Waals surface area contributed by atoms with Crippen LogP contribution in [-0.2, 0) is 11.2 Å². The number of anilines is 1. The molecule has 0 radical (unpaired) electrons. The van der Waals surface area contributed by atoms with Crippen LogP contribution in [0.1, 0.15) is 18.4 Å². The second-order valence-electron chi connectivity index (χ2n) is 5.17. The molecule has 104 valence electrons. The molecule has 4 nitrogen and oxygen atoms in total. The van der Waals surface area contributed by atoms with Crippen molar-refractivity contribution >= 4 is 11.7 Å². The highest BCUT2D eigenvalue weighted by atomic mass is 16.4. The maximum atomic E-state index is 10.6. The van der Waals surface area contributed by atoms with Crippen LogP contribution < -0.4 is 4.90 Å². The molecule has 1 aliphatic heterocycles. The first kappa shape index (κ1) is 13.9. The predicted molar refractivity (Wildman–Crippen MR) is 76.7 cm³/mol. The Morgan fingerprint density at radius 2 is 1.89 bits per heavy atom. The Morgan fingerprint density at radius 1 is 1.21 bits per heavy atom. The van der Waals surface area contributed by atoms with E-state index in [4.69, 9.17) is 5.11 Å². The lowest BCUT2D eigenvalue weighted by Crippen LogP contribution is -2.44. The van der Waals surface area contributed by atoms with Crippen molar-refractivity contribution in [3.8, 4) is 0 Å². The first-order valence-electron chi connectivity index (χ1n) is 6.90. The zero-order chi connectivity index (χ0) is 13.7. The molecule has 0 amide bonds. The number of piperazine rings is 1. The van der Waals surface area contributed by atoms with Crippen molar-refractivity contribution in [2.45, 2.75) is 19.3 Å². The number of aryl methyl sites for hydroxylation is 1. The lowest BCUT2D eigenvalue weighted by molar-refractivity contribution is -0.137. The highest BCUT2D eigenvalue weighted by Crippen LogP contribution is 2.23. The average molecular weight is 262 g/mol. The minimum atomic E-state index is -0.711. The normalized spacial score (nSPS) is 16.6. The van der Waals surface area contributed by atoms with Gasteiger partial charge in [-0.25, -0.2) is 0 Å². The summed E-state index contributed by atoms with van der Waals surface area (Å²) in [5.74, 6) is -0.711. The molecular weight excluding hydrogens is 240 g/mol. The van der Waals surface area contributed by atoms with Gasteiger partial charge in [0.1, 0.15) is 0 Å². The maximum absolute atomic E-state index is 10.6. The van der Waals surface area contributed by atoms with Crippen LogP contribution >= 0.6 is 0 Å². The second kappa shape index (κ2) is 6.57. The summed E-state index contributed by atoms with van der Waals surface area (Å²) in [7, 11) is 2.15. The van der Waals surface area contributed by atoms with Crippen molar-refractivity contribution in [3.63, 3.8) is 0 Å². The molecular formula is C15H22N2O2. The molecule has 1 aliphatic rings. The number of likely N-dealkylation sites (N-methyl/N-ethyl adjacent to an activating group) is 1. The number of hydrogen-bond donors (Lipinski definition) is 1. The van der Waals surface area contributed by atoms with Crippen molar-refractivity contribution in [3.05, 3.63) is 29.8 Å². The quantitative estimate of drug-likeness (QED) is 0.879. The van der Waals surface area contributed by atoms with Gasteiger partial charge < -0.3 is 14.9 Å². The fourth-order valence-electron chi connectivity index (χ4n) is 2.51. The van der Waals surface area contributed by atoms with Crippen molar-refractivity contribution in [1.82, 2.24) is 4.90 Å². The van der Waals surface area contributed by atoms with E-state index in [0.717, 1.165) is 32.6 Å². The molecule has 4 heteroatoms. The summed E-state index contributed by atoms with van der Waals surface area (Å²) in [6.45, 7) is 4.27. The third kappa shape index (κ3) is 3.96. The van der Waals surface area contributed by atoms with E-state index in [2.05, 4.69) is 35.0 Å². The Kier molecular flexibility index (Phi) is 4.80. The van der Waals surface area contributed by atoms with E-state index in [0.29, 0.717) is 6.42 Å². The van der Waals surface area contributed by atoms with Gasteiger partial charge in [-0.15, -0.1) is 0 Å². The molecule has 19 heavy (non-hydrogen) atoms. The topological polar surface area (TPSA) is 43.8 Å². The molecule has 0 bridgehead atoms. The predicted octanol–water partition coefficient (Wildman–Crippen LogP) is 1.85. The third-order valence-electron chi connectivity index (χ3n) is 3.67. The Bertz CT molecular complexity index is 426. The molecule has 0 unspecified atom stereocenters. The number of nitrogens with zero attached hydrogens (tertiary/aromatic N) is 2. The summed E-state index contributed by atoms with van der Waals surface area (Å²) in [4.78, 5) is 15.3. The Labute approximate surface area is 114 Å². The SMILES string of the molecule is CN1CCN(c2ccccc2CCCC(=O)O)CC1. The molecule has 1 saturated heterocycles. The fourth-order valence-corrected chi connectivity index (χ4v) is 2.51. The molecule has 0 aliphatic carbocycles. The summed E-state index contributed by atoms with van der Waals surface area (Å²) < 4.78 is 0. The second-order valence-corrected chi connectivity index (χ2v) is 5.17. The Hall–Kier alpha value is -1.55. The number of carboxylic acid groups (broad SMARTS) is 1. The molecule has 0 saturated carbocycles. The summed E-state index contributed by atoms with van der Waals surface area (Å²) in [5.41, 5.74) is 2.55. The van der Waals surface area contributed by atoms with Crippen molar-refractivity contribution in [2.24, 2.45) is 0 Å². The largest absolute Gasteiger partial charge is 0.481 e. The van der Waals surface area contributed by atoms with E-state index in [9.17, 15) is 4.79 Å². The van der Waals surface area contributed by atoms with Gasteiger partial charge in [0.15, 0.2) is 0 Å². The van der Waals surface area contributed by atoms with Gasteiger partial charge in [0.2, 0.25) is 0 Å². The van der Waals surface area contributed by atoms with Gasteiger partial charge in [-0.3, -0.25) is 4.79 Å². The number of para-hydroxylation sites is 1. The average Bonchev–Trinajstić information content (AvgIpc) is 2.40. The number of benzene rings is 1. The van der Waals surface area contributed by atoms with Gasteiger partial charge in [0.05, 0.1) is 0 Å². The van der Waals surface area contributed by atoms with Crippen molar-refractivity contribution < 1.29 is 9.90 Å². The monoisotopic (exact) mass is 262 g/mol. The van der Waals surface area contributed by atoms with Gasteiger partial charge in [-0.2, -0.15) is 0 Å². The van der Waals surface area contributed by atoms with E-state index in [1.54, 1.807) is 0 Å². The first-order valence-corrected chi connectivity index (χ1v) is 6.90. The van der Waals surface area contributed by atoms with E-state index in [1.807, 2.05) is 6.07 Å². The lowest BCUT2D eigenvalue weighted by Gasteiger charge is -2.35. The molecule has 0 aromatic heterocycles. The van der Waals surface area contributed by atoms with Crippen LogP contribution in [0.4, 0.5) is 5.69 Å². The fraction of sp³-hybridized carbons (Fsp3) is 0.533. The summed E-state index contributed by atoms with van der Waals surface area (Å²) in [6.07, 6.45) is 1.80. The Morgan fingerprint density at radius 3 is 2.58 bits per heavy atom. The molecule has 1 aromatic carbocycles. The van der Waals surface area contributed by atoms with Gasteiger partial charge in [0.25, 0.3) is 0 Å². The number of rotatable bonds is 5. The number of carboxylic acids is 1. The molecule has 1 N–H and O–H groups in total. The van der Waals surface area contributed by atoms with E-state index in [-0.39, 0.29) is 6.42 Å². The van der Waals surface area contributed by atoms with Crippen LogP contribution in [0, 0.1) is 0 Å². The summed E-state index contributed by atoms with van der Waals surface area (Å²) in [5, 5.41) is 8.72. The molecule has 1 aromatic rings. The van der Waals surface area contributed by atoms with E-state index >= 15 is 0 Å². The Balaban J connectivity index is 2.01. The third-order valence-corrected chi connectivity index (χ3v) is 3.67. The van der Waals surface area contributed by atoms with Crippen molar-refractivity contribution in [1.29, 1.82) is 0 Å².